The standard InChI is InChI=1S/C30H25NO4/c32-29(33)28(18-20-9-8-12-22(17-20)21-10-2-1-3-11-21)31-30(34)35-19-27-25-15-6-4-13-23(25)24-14-5-7-16-26(24)27/h1-17,27-28H,18-19H2,(H,31,34)(H,32,33)/t28-/m0/s1. The Morgan fingerprint density at radius 2 is 1.37 bits per heavy atom. The predicted octanol–water partition coefficient (Wildman–Crippen LogP) is 5.89. The molecule has 0 bridgehead atoms. The Balaban J connectivity index is 1.26. The zero-order valence-corrected chi connectivity index (χ0v) is 19.1. The molecule has 0 heterocycles. The van der Waals surface area contributed by atoms with Gasteiger partial charge in [-0.1, -0.05) is 103 Å². The molecule has 0 unspecified atom stereocenters. The van der Waals surface area contributed by atoms with Crippen LogP contribution in [0, 0.1) is 0 Å². The molecule has 4 aromatic carbocycles. The van der Waals surface area contributed by atoms with E-state index in [1.165, 1.54) is 0 Å². The highest BCUT2D eigenvalue weighted by atomic mass is 16.5. The van der Waals surface area contributed by atoms with E-state index in [2.05, 4.69) is 17.4 Å². The summed E-state index contributed by atoms with van der Waals surface area (Å²) < 4.78 is 5.54. The van der Waals surface area contributed by atoms with Crippen LogP contribution in [0.3, 0.4) is 0 Å². The fraction of sp³-hybridized carbons (Fsp3) is 0.133. The monoisotopic (exact) mass is 463 g/mol. The number of ether oxygens (including phenoxy) is 1. The number of fused-ring (bicyclic) bond motifs is 3. The van der Waals surface area contributed by atoms with Gasteiger partial charge in [0.15, 0.2) is 0 Å². The molecule has 0 aliphatic heterocycles. The van der Waals surface area contributed by atoms with E-state index in [0.29, 0.717) is 0 Å². The van der Waals surface area contributed by atoms with E-state index in [1.54, 1.807) is 0 Å². The lowest BCUT2D eigenvalue weighted by atomic mass is 9.98. The molecule has 5 nitrogen and oxygen atoms in total. The Morgan fingerprint density at radius 3 is 2.03 bits per heavy atom. The number of amides is 1. The Bertz CT molecular complexity index is 1320. The molecule has 0 radical (unpaired) electrons. The summed E-state index contributed by atoms with van der Waals surface area (Å²) in [7, 11) is 0. The van der Waals surface area contributed by atoms with Gasteiger partial charge in [0.2, 0.25) is 0 Å². The SMILES string of the molecule is O=C(N[C@@H](Cc1cccc(-c2ccccc2)c1)C(=O)O)OCC1c2ccccc2-c2ccccc21. The molecule has 4 aromatic rings. The number of carbonyl (C=O) groups is 2. The first kappa shape index (κ1) is 22.4. The predicted molar refractivity (Wildman–Crippen MR) is 135 cm³/mol. The summed E-state index contributed by atoms with van der Waals surface area (Å²) in [4.78, 5) is 24.5. The zero-order chi connectivity index (χ0) is 24.2. The smallest absolute Gasteiger partial charge is 0.407 e. The molecule has 5 rings (SSSR count). The molecule has 0 aromatic heterocycles. The van der Waals surface area contributed by atoms with Crippen molar-refractivity contribution < 1.29 is 19.4 Å². The fourth-order valence-electron chi connectivity index (χ4n) is 4.73. The minimum absolute atomic E-state index is 0.0843. The molecular formula is C30H25NO4. The molecule has 1 aliphatic carbocycles. The van der Waals surface area contributed by atoms with E-state index in [9.17, 15) is 14.7 Å². The van der Waals surface area contributed by atoms with Crippen LogP contribution >= 0.6 is 0 Å². The van der Waals surface area contributed by atoms with Crippen LogP contribution < -0.4 is 5.32 Å². The van der Waals surface area contributed by atoms with Crippen molar-refractivity contribution in [3.05, 3.63) is 120 Å². The summed E-state index contributed by atoms with van der Waals surface area (Å²) in [6.45, 7) is 0.135. The Labute approximate surface area is 204 Å². The minimum Gasteiger partial charge on any atom is -0.480 e. The second kappa shape index (κ2) is 9.85. The molecule has 1 atom stereocenters. The summed E-state index contributed by atoms with van der Waals surface area (Å²) in [6, 6.07) is 32.6. The first-order valence-corrected chi connectivity index (χ1v) is 11.6. The van der Waals surface area contributed by atoms with Crippen LogP contribution in [0.25, 0.3) is 22.3 Å². The maximum atomic E-state index is 12.6. The van der Waals surface area contributed by atoms with Crippen molar-refractivity contribution in [2.24, 2.45) is 0 Å². The lowest BCUT2D eigenvalue weighted by molar-refractivity contribution is -0.139. The van der Waals surface area contributed by atoms with Gasteiger partial charge in [0.05, 0.1) is 0 Å². The van der Waals surface area contributed by atoms with Crippen LogP contribution in [0.1, 0.15) is 22.6 Å². The number of carbonyl (C=O) groups excluding carboxylic acids is 1. The normalized spacial score (nSPS) is 12.9. The number of rotatable bonds is 7. The Kier molecular flexibility index (Phi) is 6.31. The number of alkyl carbamates (subject to hydrolysis) is 1. The van der Waals surface area contributed by atoms with Gasteiger partial charge in [-0.2, -0.15) is 0 Å². The van der Waals surface area contributed by atoms with Gasteiger partial charge in [-0.3, -0.25) is 0 Å². The minimum atomic E-state index is -1.11. The number of nitrogens with one attached hydrogen (secondary N) is 1. The second-order valence-electron chi connectivity index (χ2n) is 8.63. The van der Waals surface area contributed by atoms with Gasteiger partial charge in [0.1, 0.15) is 12.6 Å². The average molecular weight is 464 g/mol. The van der Waals surface area contributed by atoms with Crippen molar-refractivity contribution in [3.63, 3.8) is 0 Å². The maximum Gasteiger partial charge on any atom is 0.407 e. The fourth-order valence-corrected chi connectivity index (χ4v) is 4.73. The van der Waals surface area contributed by atoms with Gasteiger partial charge in [-0.15, -0.1) is 0 Å². The second-order valence-corrected chi connectivity index (χ2v) is 8.63. The third-order valence-electron chi connectivity index (χ3n) is 6.41. The van der Waals surface area contributed by atoms with Crippen molar-refractivity contribution in [3.8, 4) is 22.3 Å². The van der Waals surface area contributed by atoms with Gasteiger partial charge in [0.25, 0.3) is 0 Å². The van der Waals surface area contributed by atoms with E-state index in [1.807, 2.05) is 91.0 Å². The summed E-state index contributed by atoms with van der Waals surface area (Å²) in [6.07, 6.45) is -0.585. The third kappa shape index (κ3) is 4.80. The van der Waals surface area contributed by atoms with Gasteiger partial charge in [-0.05, 0) is 38.9 Å². The Morgan fingerprint density at radius 1 is 0.771 bits per heavy atom. The number of carboxylic acids is 1. The number of aliphatic carboxylic acids is 1. The number of hydrogen-bond donors (Lipinski definition) is 2. The Hall–Kier alpha value is -4.38. The molecule has 0 saturated carbocycles. The van der Waals surface area contributed by atoms with Crippen molar-refractivity contribution in [1.29, 1.82) is 0 Å². The molecule has 1 amide bonds. The van der Waals surface area contributed by atoms with Crippen molar-refractivity contribution in [1.82, 2.24) is 5.32 Å². The van der Waals surface area contributed by atoms with Crippen molar-refractivity contribution in [2.45, 2.75) is 18.4 Å². The van der Waals surface area contributed by atoms with Gasteiger partial charge >= 0.3 is 12.1 Å². The molecule has 0 spiro atoms. The molecule has 35 heavy (non-hydrogen) atoms. The van der Waals surface area contributed by atoms with Crippen molar-refractivity contribution >= 4 is 12.1 Å². The lowest BCUT2D eigenvalue weighted by Gasteiger charge is -2.18. The van der Waals surface area contributed by atoms with Gasteiger partial charge < -0.3 is 15.2 Å². The highest BCUT2D eigenvalue weighted by molar-refractivity contribution is 5.81. The van der Waals surface area contributed by atoms with Crippen LogP contribution in [0.15, 0.2) is 103 Å². The average Bonchev–Trinajstić information content (AvgIpc) is 3.21. The van der Waals surface area contributed by atoms with E-state index in [-0.39, 0.29) is 18.9 Å². The van der Waals surface area contributed by atoms with Crippen molar-refractivity contribution in [2.75, 3.05) is 6.61 Å². The van der Waals surface area contributed by atoms with E-state index in [0.717, 1.165) is 38.9 Å². The quantitative estimate of drug-likeness (QED) is 0.358. The van der Waals surface area contributed by atoms with Crippen LogP contribution in [0.4, 0.5) is 4.79 Å². The number of benzene rings is 4. The molecular weight excluding hydrogens is 438 g/mol. The molecule has 1 aliphatic rings. The van der Waals surface area contributed by atoms with E-state index < -0.39 is 18.1 Å². The van der Waals surface area contributed by atoms with Gasteiger partial charge in [0, 0.05) is 12.3 Å². The van der Waals surface area contributed by atoms with Crippen LogP contribution in [-0.2, 0) is 16.0 Å². The van der Waals surface area contributed by atoms with Gasteiger partial charge in [-0.25, -0.2) is 9.59 Å². The maximum absolute atomic E-state index is 12.6. The summed E-state index contributed by atoms with van der Waals surface area (Å²) >= 11 is 0. The highest BCUT2D eigenvalue weighted by Gasteiger charge is 2.29. The summed E-state index contributed by atoms with van der Waals surface area (Å²) in [5, 5.41) is 12.3. The first-order chi connectivity index (χ1) is 17.1. The molecule has 174 valence electrons. The molecule has 2 N–H and O–H groups in total. The zero-order valence-electron chi connectivity index (χ0n) is 19.1. The third-order valence-corrected chi connectivity index (χ3v) is 6.41. The van der Waals surface area contributed by atoms with Crippen LogP contribution in [0.5, 0.6) is 0 Å². The van der Waals surface area contributed by atoms with E-state index in [4.69, 9.17) is 4.74 Å². The molecule has 5 heteroatoms. The largest absolute Gasteiger partial charge is 0.480 e. The first-order valence-electron chi connectivity index (χ1n) is 11.6. The topological polar surface area (TPSA) is 75.6 Å². The lowest BCUT2D eigenvalue weighted by Crippen LogP contribution is -2.42. The van der Waals surface area contributed by atoms with E-state index >= 15 is 0 Å². The van der Waals surface area contributed by atoms with Crippen LogP contribution in [-0.4, -0.2) is 29.8 Å². The highest BCUT2D eigenvalue weighted by Crippen LogP contribution is 2.44. The molecule has 0 saturated heterocycles. The van der Waals surface area contributed by atoms with Crippen LogP contribution in [0.2, 0.25) is 0 Å². The molecule has 0 fully saturated rings. The number of hydrogen-bond acceptors (Lipinski definition) is 3. The summed E-state index contributed by atoms with van der Waals surface area (Å²) in [5.74, 6) is -1.19. The number of carboxylic acid groups (broad SMARTS) is 1. The summed E-state index contributed by atoms with van der Waals surface area (Å²) in [5.41, 5.74) is 7.34.